The van der Waals surface area contributed by atoms with Gasteiger partial charge in [0.2, 0.25) is 5.95 Å². The summed E-state index contributed by atoms with van der Waals surface area (Å²) in [4.78, 5) is 15.2. The van der Waals surface area contributed by atoms with Crippen molar-refractivity contribution >= 4 is 23.7 Å². The lowest BCUT2D eigenvalue weighted by molar-refractivity contribution is -0.133. The first-order valence-electron chi connectivity index (χ1n) is 7.22. The Balaban J connectivity index is 1.99. The summed E-state index contributed by atoms with van der Waals surface area (Å²) in [5, 5.41) is 17.6. The Morgan fingerprint density at radius 2 is 2.29 bits per heavy atom. The van der Waals surface area contributed by atoms with E-state index in [1.807, 2.05) is 18.7 Å². The highest BCUT2D eigenvalue weighted by molar-refractivity contribution is 7.99. The van der Waals surface area contributed by atoms with Gasteiger partial charge in [-0.1, -0.05) is 18.7 Å². The molecule has 1 fully saturated rings. The summed E-state index contributed by atoms with van der Waals surface area (Å²) in [7, 11) is 3.89. The topological polar surface area (TPSA) is 74.5 Å². The van der Waals surface area contributed by atoms with Gasteiger partial charge in [-0.05, 0) is 25.9 Å². The fourth-order valence-corrected chi connectivity index (χ4v) is 3.43. The first-order chi connectivity index (χ1) is 10.0. The Morgan fingerprint density at radius 3 is 2.95 bits per heavy atom. The highest BCUT2D eigenvalue weighted by Gasteiger charge is 2.25. The molecule has 1 atom stereocenters. The highest BCUT2D eigenvalue weighted by atomic mass is 32.2. The van der Waals surface area contributed by atoms with Crippen LogP contribution in [0.5, 0.6) is 0 Å². The van der Waals surface area contributed by atoms with E-state index in [9.17, 15) is 4.79 Å². The molecule has 0 amide bonds. The third-order valence-corrected chi connectivity index (χ3v) is 4.87. The van der Waals surface area contributed by atoms with Crippen molar-refractivity contribution in [3.05, 3.63) is 0 Å². The van der Waals surface area contributed by atoms with Crippen LogP contribution in [-0.4, -0.2) is 69.2 Å². The Labute approximate surface area is 129 Å². The predicted molar refractivity (Wildman–Crippen MR) is 82.9 cm³/mol. The second kappa shape index (κ2) is 7.13. The molecule has 1 saturated heterocycles. The van der Waals surface area contributed by atoms with Crippen molar-refractivity contribution in [1.82, 2.24) is 19.7 Å². The summed E-state index contributed by atoms with van der Waals surface area (Å²) < 4.78 is 1.86. The van der Waals surface area contributed by atoms with E-state index in [4.69, 9.17) is 5.11 Å². The molecule has 1 aliphatic heterocycles. The third kappa shape index (κ3) is 3.88. The number of carboxylic acids is 1. The fraction of sp³-hybridized carbons (Fsp3) is 0.769. The lowest BCUT2D eigenvalue weighted by Crippen LogP contribution is -2.39. The van der Waals surface area contributed by atoms with E-state index in [2.05, 4.69) is 26.9 Å². The quantitative estimate of drug-likeness (QED) is 0.750. The van der Waals surface area contributed by atoms with Gasteiger partial charge in [-0.3, -0.25) is 14.3 Å². The van der Waals surface area contributed by atoms with Crippen molar-refractivity contribution in [2.75, 3.05) is 37.3 Å². The van der Waals surface area contributed by atoms with Crippen molar-refractivity contribution < 1.29 is 9.90 Å². The van der Waals surface area contributed by atoms with Gasteiger partial charge in [0, 0.05) is 26.7 Å². The van der Waals surface area contributed by atoms with Crippen LogP contribution in [0.4, 0.5) is 5.95 Å². The molecule has 2 heterocycles. The van der Waals surface area contributed by atoms with Crippen LogP contribution < -0.4 is 4.90 Å². The Morgan fingerprint density at radius 1 is 1.52 bits per heavy atom. The van der Waals surface area contributed by atoms with Crippen molar-refractivity contribution in [2.24, 2.45) is 7.05 Å². The van der Waals surface area contributed by atoms with Crippen LogP contribution in [0, 0.1) is 0 Å². The second-order valence-electron chi connectivity index (χ2n) is 5.33. The minimum Gasteiger partial charge on any atom is -0.481 e. The molecule has 8 heteroatoms. The normalized spacial score (nSPS) is 19.1. The number of carbonyl (C=O) groups is 1. The van der Waals surface area contributed by atoms with E-state index in [0.29, 0.717) is 11.2 Å². The van der Waals surface area contributed by atoms with Crippen LogP contribution >= 0.6 is 11.8 Å². The number of aromatic nitrogens is 3. The van der Waals surface area contributed by atoms with Gasteiger partial charge in [-0.2, -0.15) is 0 Å². The molecule has 1 unspecified atom stereocenters. The molecule has 118 valence electrons. The Kier molecular flexibility index (Phi) is 5.46. The molecule has 0 saturated carbocycles. The maximum absolute atomic E-state index is 10.6. The summed E-state index contributed by atoms with van der Waals surface area (Å²) in [5.74, 6) is -0.0599. The molecule has 2 rings (SSSR count). The second-order valence-corrected chi connectivity index (χ2v) is 6.27. The zero-order valence-electron chi connectivity index (χ0n) is 12.8. The number of nitrogens with zero attached hydrogens (tertiary/aromatic N) is 5. The van der Waals surface area contributed by atoms with Gasteiger partial charge in [0.25, 0.3) is 0 Å². The van der Waals surface area contributed by atoms with Crippen molar-refractivity contribution in [3.63, 3.8) is 0 Å². The molecule has 1 N–H and O–H groups in total. The zero-order chi connectivity index (χ0) is 15.4. The van der Waals surface area contributed by atoms with E-state index in [-0.39, 0.29) is 5.75 Å². The number of hydrogen-bond acceptors (Lipinski definition) is 6. The van der Waals surface area contributed by atoms with E-state index in [0.717, 1.165) is 19.0 Å². The lowest BCUT2D eigenvalue weighted by atomic mass is 10.2. The molecule has 1 aliphatic rings. The number of aliphatic carboxylic acids is 1. The average molecular weight is 313 g/mol. The maximum Gasteiger partial charge on any atom is 0.313 e. The lowest BCUT2D eigenvalue weighted by Gasteiger charge is -2.28. The first kappa shape index (κ1) is 16.1. The van der Waals surface area contributed by atoms with Crippen molar-refractivity contribution in [1.29, 1.82) is 0 Å². The number of hydrogen-bond donors (Lipinski definition) is 1. The average Bonchev–Trinajstić information content (AvgIpc) is 3.03. The highest BCUT2D eigenvalue weighted by Crippen LogP contribution is 2.22. The first-order valence-corrected chi connectivity index (χ1v) is 8.20. The molecule has 0 bridgehead atoms. The zero-order valence-corrected chi connectivity index (χ0v) is 13.6. The summed E-state index contributed by atoms with van der Waals surface area (Å²) in [6.45, 7) is 5.37. The minimum atomic E-state index is -0.845. The van der Waals surface area contributed by atoms with Crippen LogP contribution in [-0.2, 0) is 11.8 Å². The molecule has 0 radical (unpaired) electrons. The van der Waals surface area contributed by atoms with Crippen LogP contribution in [0.3, 0.4) is 0 Å². The number of likely N-dealkylation sites (N-methyl/N-ethyl adjacent to an activating group) is 2. The van der Waals surface area contributed by atoms with Crippen molar-refractivity contribution in [3.8, 4) is 0 Å². The van der Waals surface area contributed by atoms with Gasteiger partial charge in [0.05, 0.1) is 5.75 Å². The summed E-state index contributed by atoms with van der Waals surface area (Å²) in [6, 6.07) is 0.562. The number of rotatable bonds is 7. The number of likely N-dealkylation sites (tertiary alicyclic amines) is 1. The molecule has 1 aromatic heterocycles. The fourth-order valence-electron chi connectivity index (χ4n) is 2.81. The molecule has 0 spiro atoms. The van der Waals surface area contributed by atoms with Gasteiger partial charge in [0.1, 0.15) is 0 Å². The molecule has 0 aliphatic carbocycles. The molecule has 1 aromatic rings. The smallest absolute Gasteiger partial charge is 0.313 e. The van der Waals surface area contributed by atoms with Gasteiger partial charge >= 0.3 is 5.97 Å². The molecular formula is C13H23N5O2S. The van der Waals surface area contributed by atoms with Crippen LogP contribution in [0.1, 0.15) is 19.8 Å². The predicted octanol–water partition coefficient (Wildman–Crippen LogP) is 0.912. The SMILES string of the molecule is CCN1CCCC1CN(C)c1nnc(SCC(=O)O)n1C. The van der Waals surface area contributed by atoms with E-state index in [1.54, 1.807) is 0 Å². The van der Waals surface area contributed by atoms with Crippen molar-refractivity contribution in [2.45, 2.75) is 31.0 Å². The van der Waals surface area contributed by atoms with Gasteiger partial charge in [-0.25, -0.2) is 0 Å². The number of thioether (sulfide) groups is 1. The van der Waals surface area contributed by atoms with Crippen LogP contribution in [0.15, 0.2) is 5.16 Å². The summed E-state index contributed by atoms with van der Waals surface area (Å²) in [6.07, 6.45) is 2.47. The van der Waals surface area contributed by atoms with Gasteiger partial charge in [0.15, 0.2) is 5.16 Å². The van der Waals surface area contributed by atoms with E-state index < -0.39 is 5.97 Å². The standard InChI is InChI=1S/C13H23N5O2S/c1-4-18-7-5-6-10(18)8-16(2)12-14-15-13(17(12)3)21-9-11(19)20/h10H,4-9H2,1-3H3,(H,19,20). The molecular weight excluding hydrogens is 290 g/mol. The van der Waals surface area contributed by atoms with E-state index >= 15 is 0 Å². The van der Waals surface area contributed by atoms with Gasteiger partial charge < -0.3 is 10.0 Å². The molecule has 7 nitrogen and oxygen atoms in total. The van der Waals surface area contributed by atoms with E-state index in [1.165, 1.54) is 31.1 Å². The number of carboxylic acid groups (broad SMARTS) is 1. The Hall–Kier alpha value is -1.28. The maximum atomic E-state index is 10.6. The number of anilines is 1. The Bertz CT molecular complexity index is 493. The van der Waals surface area contributed by atoms with Crippen LogP contribution in [0.2, 0.25) is 0 Å². The third-order valence-electron chi connectivity index (χ3n) is 3.87. The van der Waals surface area contributed by atoms with Gasteiger partial charge in [-0.15, -0.1) is 10.2 Å². The van der Waals surface area contributed by atoms with Crippen LogP contribution in [0.25, 0.3) is 0 Å². The summed E-state index contributed by atoms with van der Waals surface area (Å²) >= 11 is 1.19. The monoisotopic (exact) mass is 313 g/mol. The largest absolute Gasteiger partial charge is 0.481 e. The molecule has 0 aromatic carbocycles. The molecule has 21 heavy (non-hydrogen) atoms. The minimum absolute atomic E-state index is 0.00191. The summed E-state index contributed by atoms with van der Waals surface area (Å²) in [5.41, 5.74) is 0.